The van der Waals surface area contributed by atoms with E-state index in [9.17, 15) is 9.59 Å². The van der Waals surface area contributed by atoms with Crippen molar-refractivity contribution in [3.05, 3.63) is 23.8 Å². The lowest BCUT2D eigenvalue weighted by Gasteiger charge is -2.38. The van der Waals surface area contributed by atoms with Gasteiger partial charge in [-0.1, -0.05) is 18.2 Å². The minimum atomic E-state index is -0.324. The standard InChI is InChI=1S/C21H30O5/c1-13-8-9-18-21(3,26-18)11-10-15-16(20(23)25-12-17(13)15)7-5-6-14(2)19(22)24-4/h6,15-18H,1,5,7-12H2,2-4H3. The third kappa shape index (κ3) is 3.88. The van der Waals surface area contributed by atoms with Crippen LogP contribution in [0.3, 0.4) is 0 Å². The van der Waals surface area contributed by atoms with Crippen LogP contribution >= 0.6 is 0 Å². The van der Waals surface area contributed by atoms with E-state index in [1.807, 2.05) is 6.08 Å². The maximum Gasteiger partial charge on any atom is 0.333 e. The molecule has 2 saturated heterocycles. The number of ether oxygens (including phenoxy) is 3. The summed E-state index contributed by atoms with van der Waals surface area (Å²) in [4.78, 5) is 24.0. The van der Waals surface area contributed by atoms with E-state index in [2.05, 4.69) is 13.5 Å². The number of rotatable bonds is 4. The summed E-state index contributed by atoms with van der Waals surface area (Å²) in [6, 6.07) is 0. The van der Waals surface area contributed by atoms with E-state index >= 15 is 0 Å². The number of fused-ring (bicyclic) bond motifs is 2. The first-order valence-electron chi connectivity index (χ1n) is 9.63. The van der Waals surface area contributed by atoms with Crippen LogP contribution in [-0.2, 0) is 23.8 Å². The van der Waals surface area contributed by atoms with Crippen molar-refractivity contribution < 1.29 is 23.8 Å². The second kappa shape index (κ2) is 7.55. The lowest BCUT2D eigenvalue weighted by atomic mass is 9.72. The molecule has 5 unspecified atom stereocenters. The quantitative estimate of drug-likeness (QED) is 0.331. The highest BCUT2D eigenvalue weighted by Crippen LogP contribution is 2.49. The van der Waals surface area contributed by atoms with Crippen molar-refractivity contribution in [2.75, 3.05) is 13.7 Å². The summed E-state index contributed by atoms with van der Waals surface area (Å²) in [7, 11) is 1.37. The van der Waals surface area contributed by atoms with Crippen molar-refractivity contribution in [1.82, 2.24) is 0 Å². The van der Waals surface area contributed by atoms with Gasteiger partial charge in [-0.05, 0) is 58.3 Å². The van der Waals surface area contributed by atoms with Crippen molar-refractivity contribution >= 4 is 11.9 Å². The Balaban J connectivity index is 1.71. The fourth-order valence-corrected chi connectivity index (χ4v) is 4.57. The smallest absolute Gasteiger partial charge is 0.333 e. The first-order chi connectivity index (χ1) is 12.4. The molecule has 5 atom stereocenters. The number of esters is 2. The molecule has 3 fully saturated rings. The zero-order valence-electron chi connectivity index (χ0n) is 16.1. The second-order valence-electron chi connectivity index (χ2n) is 8.12. The maximum absolute atomic E-state index is 12.5. The molecule has 0 N–H and O–H groups in total. The predicted octanol–water partition coefficient (Wildman–Crippen LogP) is 3.58. The van der Waals surface area contributed by atoms with Crippen LogP contribution in [0.5, 0.6) is 0 Å². The molecule has 144 valence electrons. The molecule has 0 aromatic heterocycles. The largest absolute Gasteiger partial charge is 0.466 e. The molecule has 1 saturated carbocycles. The van der Waals surface area contributed by atoms with E-state index in [0.717, 1.165) is 25.7 Å². The highest BCUT2D eigenvalue weighted by molar-refractivity contribution is 5.87. The van der Waals surface area contributed by atoms with Crippen molar-refractivity contribution in [3.63, 3.8) is 0 Å². The molecule has 2 aliphatic heterocycles. The van der Waals surface area contributed by atoms with Gasteiger partial charge in [-0.3, -0.25) is 4.79 Å². The molecule has 1 aliphatic carbocycles. The highest BCUT2D eigenvalue weighted by atomic mass is 16.6. The molecular formula is C21H30O5. The van der Waals surface area contributed by atoms with Crippen molar-refractivity contribution in [2.24, 2.45) is 17.8 Å². The summed E-state index contributed by atoms with van der Waals surface area (Å²) in [6.07, 6.45) is 7.41. The summed E-state index contributed by atoms with van der Waals surface area (Å²) in [5, 5.41) is 0. The van der Waals surface area contributed by atoms with Crippen LogP contribution < -0.4 is 0 Å². The first kappa shape index (κ1) is 19.2. The van der Waals surface area contributed by atoms with Crippen LogP contribution in [0, 0.1) is 17.8 Å². The van der Waals surface area contributed by atoms with Crippen molar-refractivity contribution in [3.8, 4) is 0 Å². The van der Waals surface area contributed by atoms with E-state index < -0.39 is 0 Å². The number of cyclic esters (lactones) is 1. The van der Waals surface area contributed by atoms with E-state index in [4.69, 9.17) is 14.2 Å². The Hall–Kier alpha value is -1.62. The van der Waals surface area contributed by atoms with Crippen molar-refractivity contribution in [1.29, 1.82) is 0 Å². The number of epoxide rings is 1. The van der Waals surface area contributed by atoms with Gasteiger partial charge in [0.25, 0.3) is 0 Å². The molecule has 5 nitrogen and oxygen atoms in total. The molecule has 2 heterocycles. The van der Waals surface area contributed by atoms with Gasteiger partial charge in [-0.2, -0.15) is 0 Å². The van der Waals surface area contributed by atoms with Crippen LogP contribution in [0.1, 0.15) is 52.4 Å². The molecule has 0 aromatic rings. The summed E-state index contributed by atoms with van der Waals surface area (Å²) in [5.41, 5.74) is 1.74. The van der Waals surface area contributed by atoms with Crippen LogP contribution in [0.2, 0.25) is 0 Å². The first-order valence-corrected chi connectivity index (χ1v) is 9.63. The molecule has 5 heteroatoms. The molecule has 0 spiro atoms. The lowest BCUT2D eigenvalue weighted by Crippen LogP contribution is -2.40. The van der Waals surface area contributed by atoms with Gasteiger partial charge < -0.3 is 14.2 Å². The van der Waals surface area contributed by atoms with Gasteiger partial charge in [0.15, 0.2) is 0 Å². The zero-order valence-corrected chi connectivity index (χ0v) is 16.1. The average Bonchev–Trinajstić information content (AvgIpc) is 3.27. The average molecular weight is 362 g/mol. The highest BCUT2D eigenvalue weighted by Gasteiger charge is 2.53. The van der Waals surface area contributed by atoms with Gasteiger partial charge in [0.05, 0.1) is 31.3 Å². The Bertz CT molecular complexity index is 622. The Labute approximate surface area is 155 Å². The third-order valence-electron chi connectivity index (χ3n) is 6.44. The van der Waals surface area contributed by atoms with Crippen LogP contribution in [0.25, 0.3) is 0 Å². The fraction of sp³-hybridized carbons (Fsp3) is 0.714. The fourth-order valence-electron chi connectivity index (χ4n) is 4.57. The summed E-state index contributed by atoms with van der Waals surface area (Å²) < 4.78 is 16.1. The molecule has 3 rings (SSSR count). The predicted molar refractivity (Wildman–Crippen MR) is 97.3 cm³/mol. The van der Waals surface area contributed by atoms with Gasteiger partial charge in [-0.25, -0.2) is 4.79 Å². The van der Waals surface area contributed by atoms with Gasteiger partial charge in [-0.15, -0.1) is 0 Å². The van der Waals surface area contributed by atoms with Gasteiger partial charge in [0, 0.05) is 11.5 Å². The Kier molecular flexibility index (Phi) is 5.56. The zero-order chi connectivity index (χ0) is 18.9. The SMILES string of the molecule is C=C1CCC2OC2(C)CCC2C1COC(=O)C2CCC=C(C)C(=O)OC. The molecule has 0 bridgehead atoms. The molecular weight excluding hydrogens is 332 g/mol. The lowest BCUT2D eigenvalue weighted by molar-refractivity contribution is -0.160. The second-order valence-corrected chi connectivity index (χ2v) is 8.12. The molecule has 0 aromatic carbocycles. The van der Waals surface area contributed by atoms with Crippen LogP contribution in [0.15, 0.2) is 23.8 Å². The minimum absolute atomic E-state index is 0.0254. The normalized spacial score (nSPS) is 37.4. The van der Waals surface area contributed by atoms with E-state index in [0.29, 0.717) is 31.1 Å². The van der Waals surface area contributed by atoms with E-state index in [-0.39, 0.29) is 35.3 Å². The maximum atomic E-state index is 12.5. The van der Waals surface area contributed by atoms with Gasteiger partial charge in [0.2, 0.25) is 0 Å². The summed E-state index contributed by atoms with van der Waals surface area (Å²) >= 11 is 0. The van der Waals surface area contributed by atoms with Crippen LogP contribution in [-0.4, -0.2) is 37.4 Å². The third-order valence-corrected chi connectivity index (χ3v) is 6.44. The number of hydrogen-bond donors (Lipinski definition) is 0. The van der Waals surface area contributed by atoms with Gasteiger partial charge >= 0.3 is 11.9 Å². The monoisotopic (exact) mass is 362 g/mol. The van der Waals surface area contributed by atoms with Crippen molar-refractivity contribution in [2.45, 2.75) is 64.1 Å². The Morgan fingerprint density at radius 3 is 2.92 bits per heavy atom. The molecule has 0 radical (unpaired) electrons. The molecule has 26 heavy (non-hydrogen) atoms. The topological polar surface area (TPSA) is 65.1 Å². The molecule has 3 aliphatic rings. The minimum Gasteiger partial charge on any atom is -0.466 e. The Morgan fingerprint density at radius 2 is 2.19 bits per heavy atom. The Morgan fingerprint density at radius 1 is 1.42 bits per heavy atom. The van der Waals surface area contributed by atoms with Gasteiger partial charge in [0.1, 0.15) is 0 Å². The number of allylic oxidation sites excluding steroid dienone is 1. The number of carbonyl (C=O) groups excluding carboxylic acids is 2. The number of hydrogen-bond acceptors (Lipinski definition) is 5. The summed E-state index contributed by atoms with van der Waals surface area (Å²) in [5.74, 6) is -0.0958. The van der Waals surface area contributed by atoms with E-state index in [1.54, 1.807) is 6.92 Å². The van der Waals surface area contributed by atoms with Crippen LogP contribution in [0.4, 0.5) is 0 Å². The molecule has 0 amide bonds. The number of carbonyl (C=O) groups is 2. The van der Waals surface area contributed by atoms with E-state index in [1.165, 1.54) is 12.7 Å². The number of methoxy groups -OCH3 is 1. The summed E-state index contributed by atoms with van der Waals surface area (Å²) in [6.45, 7) is 8.67.